The lowest BCUT2D eigenvalue weighted by Gasteiger charge is -2.47. The summed E-state index contributed by atoms with van der Waals surface area (Å²) in [5.41, 5.74) is 0.899. The third-order valence-corrected chi connectivity index (χ3v) is 5.06. The largest absolute Gasteiger partial charge is 0.480 e. The van der Waals surface area contributed by atoms with E-state index < -0.39 is 12.0 Å². The Bertz CT molecular complexity index is 597. The number of halogens is 1. The lowest BCUT2D eigenvalue weighted by molar-refractivity contribution is -0.149. The molecular weight excluding hydrogens is 324 g/mol. The molecule has 0 spiro atoms. The number of aliphatic carboxylic acids is 1. The van der Waals surface area contributed by atoms with Crippen molar-refractivity contribution in [3.63, 3.8) is 0 Å². The van der Waals surface area contributed by atoms with Crippen LogP contribution in [-0.2, 0) is 11.2 Å². The molecule has 24 heavy (non-hydrogen) atoms. The van der Waals surface area contributed by atoms with Crippen molar-refractivity contribution in [3.05, 3.63) is 47.5 Å². The van der Waals surface area contributed by atoms with Crippen LogP contribution < -0.4 is 0 Å². The molecule has 0 bridgehead atoms. The first-order valence-electron chi connectivity index (χ1n) is 8.33. The number of nitrogens with zero attached hydrogens (tertiary/aromatic N) is 2. The van der Waals surface area contributed by atoms with Crippen LogP contribution in [0.1, 0.15) is 26.3 Å². The van der Waals surface area contributed by atoms with Gasteiger partial charge in [0, 0.05) is 36.2 Å². The van der Waals surface area contributed by atoms with Crippen molar-refractivity contribution in [3.8, 4) is 0 Å². The summed E-state index contributed by atoms with van der Waals surface area (Å²) in [6.45, 7) is 12.2. The van der Waals surface area contributed by atoms with E-state index in [9.17, 15) is 9.90 Å². The molecular formula is C19H27ClN2O2. The van der Waals surface area contributed by atoms with E-state index in [1.807, 2.05) is 30.3 Å². The van der Waals surface area contributed by atoms with Crippen LogP contribution in [-0.4, -0.2) is 58.1 Å². The Morgan fingerprint density at radius 2 is 2.08 bits per heavy atom. The minimum atomic E-state index is -0.768. The molecule has 1 heterocycles. The van der Waals surface area contributed by atoms with Crippen LogP contribution in [0.5, 0.6) is 0 Å². The first-order chi connectivity index (χ1) is 11.2. The van der Waals surface area contributed by atoms with E-state index in [-0.39, 0.29) is 11.6 Å². The second-order valence-electron chi connectivity index (χ2n) is 7.31. The van der Waals surface area contributed by atoms with E-state index in [4.69, 9.17) is 11.6 Å². The van der Waals surface area contributed by atoms with Gasteiger partial charge in [-0.05, 0) is 38.8 Å². The quantitative estimate of drug-likeness (QED) is 0.827. The van der Waals surface area contributed by atoms with Crippen LogP contribution in [0.15, 0.2) is 36.9 Å². The highest BCUT2D eigenvalue weighted by atomic mass is 35.5. The third kappa shape index (κ3) is 4.38. The fourth-order valence-corrected chi connectivity index (χ4v) is 3.58. The van der Waals surface area contributed by atoms with Gasteiger partial charge in [0.25, 0.3) is 0 Å². The van der Waals surface area contributed by atoms with E-state index in [2.05, 4.69) is 37.1 Å². The molecule has 0 amide bonds. The van der Waals surface area contributed by atoms with Crippen molar-refractivity contribution in [1.29, 1.82) is 0 Å². The minimum absolute atomic E-state index is 0.0777. The normalized spacial score (nSPS) is 21.4. The molecule has 132 valence electrons. The molecule has 1 fully saturated rings. The molecule has 1 aliphatic heterocycles. The van der Waals surface area contributed by atoms with E-state index in [0.717, 1.165) is 30.1 Å². The summed E-state index contributed by atoms with van der Waals surface area (Å²) in [5, 5.41) is 10.4. The van der Waals surface area contributed by atoms with Crippen molar-refractivity contribution >= 4 is 17.6 Å². The average molecular weight is 351 g/mol. The molecule has 2 unspecified atom stereocenters. The highest BCUT2D eigenvalue weighted by molar-refractivity contribution is 6.31. The van der Waals surface area contributed by atoms with E-state index in [1.54, 1.807) is 0 Å². The van der Waals surface area contributed by atoms with Gasteiger partial charge in [-0.2, -0.15) is 0 Å². The molecule has 2 atom stereocenters. The SMILES string of the molecule is C=CC(Cc1ccccc1Cl)N1CCN(C(C)(C)C)C(C(=O)O)C1. The summed E-state index contributed by atoms with van der Waals surface area (Å²) in [6.07, 6.45) is 2.64. The lowest BCUT2D eigenvalue weighted by Crippen LogP contribution is -2.63. The van der Waals surface area contributed by atoms with Crippen LogP contribution >= 0.6 is 11.6 Å². The molecule has 1 aliphatic rings. The van der Waals surface area contributed by atoms with Gasteiger partial charge in [0.2, 0.25) is 0 Å². The molecule has 4 nitrogen and oxygen atoms in total. The fourth-order valence-electron chi connectivity index (χ4n) is 3.37. The summed E-state index contributed by atoms with van der Waals surface area (Å²) in [5.74, 6) is -0.768. The van der Waals surface area contributed by atoms with Crippen molar-refractivity contribution in [2.45, 2.75) is 44.8 Å². The molecule has 0 aromatic heterocycles. The number of carboxylic acid groups (broad SMARTS) is 1. The smallest absolute Gasteiger partial charge is 0.322 e. The highest BCUT2D eigenvalue weighted by Crippen LogP contribution is 2.25. The van der Waals surface area contributed by atoms with Gasteiger partial charge >= 0.3 is 5.97 Å². The number of carbonyl (C=O) groups is 1. The number of rotatable bonds is 5. The van der Waals surface area contributed by atoms with Crippen LogP contribution in [0.2, 0.25) is 5.02 Å². The van der Waals surface area contributed by atoms with Crippen LogP contribution in [0, 0.1) is 0 Å². The van der Waals surface area contributed by atoms with E-state index in [1.165, 1.54) is 0 Å². The fraction of sp³-hybridized carbons (Fsp3) is 0.526. The zero-order chi connectivity index (χ0) is 17.9. The molecule has 0 aliphatic carbocycles. The number of benzene rings is 1. The minimum Gasteiger partial charge on any atom is -0.480 e. The predicted octanol–water partition coefficient (Wildman–Crippen LogP) is 3.31. The van der Waals surface area contributed by atoms with Crippen molar-refractivity contribution < 1.29 is 9.90 Å². The van der Waals surface area contributed by atoms with Crippen molar-refractivity contribution in [2.75, 3.05) is 19.6 Å². The maximum absolute atomic E-state index is 11.8. The monoisotopic (exact) mass is 350 g/mol. The van der Waals surface area contributed by atoms with Crippen LogP contribution in [0.4, 0.5) is 0 Å². The van der Waals surface area contributed by atoms with Gasteiger partial charge in [0.1, 0.15) is 6.04 Å². The molecule has 1 aromatic carbocycles. The number of carboxylic acids is 1. The molecule has 0 radical (unpaired) electrons. The number of piperazine rings is 1. The van der Waals surface area contributed by atoms with E-state index >= 15 is 0 Å². The van der Waals surface area contributed by atoms with Gasteiger partial charge in [-0.15, -0.1) is 6.58 Å². The molecule has 1 N–H and O–H groups in total. The zero-order valence-corrected chi connectivity index (χ0v) is 15.5. The van der Waals surface area contributed by atoms with Gasteiger partial charge in [0.05, 0.1) is 0 Å². The van der Waals surface area contributed by atoms with E-state index in [0.29, 0.717) is 6.54 Å². The first kappa shape index (κ1) is 19.0. The second kappa shape index (κ2) is 7.68. The third-order valence-electron chi connectivity index (χ3n) is 4.69. The van der Waals surface area contributed by atoms with Gasteiger partial charge in [-0.25, -0.2) is 0 Å². The van der Waals surface area contributed by atoms with Gasteiger partial charge < -0.3 is 5.11 Å². The maximum Gasteiger partial charge on any atom is 0.322 e. The topological polar surface area (TPSA) is 43.8 Å². The Hall–Kier alpha value is -1.36. The first-order valence-corrected chi connectivity index (χ1v) is 8.71. The maximum atomic E-state index is 11.8. The summed E-state index contributed by atoms with van der Waals surface area (Å²) >= 11 is 6.27. The van der Waals surface area contributed by atoms with Crippen LogP contribution in [0.25, 0.3) is 0 Å². The van der Waals surface area contributed by atoms with Crippen molar-refractivity contribution in [2.24, 2.45) is 0 Å². The van der Waals surface area contributed by atoms with Crippen LogP contribution in [0.3, 0.4) is 0 Å². The van der Waals surface area contributed by atoms with Gasteiger partial charge in [-0.1, -0.05) is 35.9 Å². The Labute approximate surface area is 149 Å². The number of hydrogen-bond donors (Lipinski definition) is 1. The second-order valence-corrected chi connectivity index (χ2v) is 7.72. The molecule has 1 aromatic rings. The number of hydrogen-bond acceptors (Lipinski definition) is 3. The molecule has 2 rings (SSSR count). The average Bonchev–Trinajstić information content (AvgIpc) is 2.52. The summed E-state index contributed by atoms with van der Waals surface area (Å²) < 4.78 is 0. The van der Waals surface area contributed by atoms with Crippen molar-refractivity contribution in [1.82, 2.24) is 9.80 Å². The lowest BCUT2D eigenvalue weighted by atomic mass is 9.97. The highest BCUT2D eigenvalue weighted by Gasteiger charge is 2.39. The van der Waals surface area contributed by atoms with Gasteiger partial charge in [0.15, 0.2) is 0 Å². The van der Waals surface area contributed by atoms with Gasteiger partial charge in [-0.3, -0.25) is 14.6 Å². The molecule has 1 saturated heterocycles. The standard InChI is InChI=1S/C19H27ClN2O2/c1-5-15(12-14-8-6-7-9-16(14)20)21-10-11-22(19(2,3)4)17(13-21)18(23)24/h5-9,15,17H,1,10-13H2,2-4H3,(H,23,24). The molecule has 5 heteroatoms. The summed E-state index contributed by atoms with van der Waals surface area (Å²) in [6, 6.07) is 7.35. The Balaban J connectivity index is 2.15. The Morgan fingerprint density at radius 3 is 2.62 bits per heavy atom. The Kier molecular flexibility index (Phi) is 6.07. The zero-order valence-electron chi connectivity index (χ0n) is 14.7. The Morgan fingerprint density at radius 1 is 1.42 bits per heavy atom. The summed E-state index contributed by atoms with van der Waals surface area (Å²) in [7, 11) is 0. The predicted molar refractivity (Wildman–Crippen MR) is 98.6 cm³/mol. The summed E-state index contributed by atoms with van der Waals surface area (Å²) in [4.78, 5) is 16.0. The molecule has 0 saturated carbocycles.